The average Bonchev–Trinajstić information content (AvgIpc) is 2.35. The zero-order valence-electron chi connectivity index (χ0n) is 11.9. The van der Waals surface area contributed by atoms with Gasteiger partial charge in [0.25, 0.3) is 0 Å². The normalized spacial score (nSPS) is 14.6. The lowest BCUT2D eigenvalue weighted by Crippen LogP contribution is -2.19. The molecule has 1 rings (SSSR count). The number of aryl methyl sites for hydroxylation is 1. The summed E-state index contributed by atoms with van der Waals surface area (Å²) in [6, 6.07) is 5.78. The van der Waals surface area contributed by atoms with Crippen LogP contribution < -0.4 is 4.74 Å². The molecule has 18 heavy (non-hydrogen) atoms. The molecule has 0 aliphatic heterocycles. The Morgan fingerprint density at radius 2 is 1.89 bits per heavy atom. The molecule has 2 unspecified atom stereocenters. The Balaban J connectivity index is 2.71. The second kappa shape index (κ2) is 6.76. The topological polar surface area (TPSA) is 38.7 Å². The number of benzene rings is 1. The number of ether oxygens (including phenoxy) is 2. The summed E-state index contributed by atoms with van der Waals surface area (Å²) in [6.07, 6.45) is -0.517. The van der Waals surface area contributed by atoms with E-state index in [1.54, 1.807) is 7.11 Å². The molecule has 0 spiro atoms. The minimum atomic E-state index is -0.652. The molecule has 0 fully saturated rings. The van der Waals surface area contributed by atoms with Crippen molar-refractivity contribution in [3.63, 3.8) is 0 Å². The molecule has 0 saturated heterocycles. The molecular weight excluding hydrogens is 228 g/mol. The number of hydrogen-bond donors (Lipinski definition) is 1. The fraction of sp³-hybridized carbons (Fsp3) is 0.600. The van der Waals surface area contributed by atoms with Crippen molar-refractivity contribution in [2.75, 3.05) is 13.7 Å². The van der Waals surface area contributed by atoms with Gasteiger partial charge >= 0.3 is 0 Å². The van der Waals surface area contributed by atoms with E-state index >= 15 is 0 Å². The van der Waals surface area contributed by atoms with Gasteiger partial charge in [-0.05, 0) is 31.9 Å². The van der Waals surface area contributed by atoms with Crippen molar-refractivity contribution in [3.05, 3.63) is 29.3 Å². The van der Waals surface area contributed by atoms with Crippen molar-refractivity contribution < 1.29 is 14.6 Å². The minimum absolute atomic E-state index is 0.135. The van der Waals surface area contributed by atoms with Gasteiger partial charge in [0.15, 0.2) is 0 Å². The minimum Gasteiger partial charge on any atom is -0.496 e. The van der Waals surface area contributed by atoms with Gasteiger partial charge in [-0.3, -0.25) is 0 Å². The van der Waals surface area contributed by atoms with Gasteiger partial charge in [-0.1, -0.05) is 25.5 Å². The highest BCUT2D eigenvalue weighted by molar-refractivity contribution is 5.38. The Kier molecular flexibility index (Phi) is 5.63. The lowest BCUT2D eigenvalue weighted by Gasteiger charge is -2.20. The first-order valence-corrected chi connectivity index (χ1v) is 6.40. The summed E-state index contributed by atoms with van der Waals surface area (Å²) in [5, 5.41) is 10.2. The molecule has 0 aromatic heterocycles. The average molecular weight is 252 g/mol. The zero-order valence-corrected chi connectivity index (χ0v) is 11.9. The molecule has 1 aromatic carbocycles. The molecule has 3 nitrogen and oxygen atoms in total. The summed E-state index contributed by atoms with van der Waals surface area (Å²) in [4.78, 5) is 0. The maximum Gasteiger partial charge on any atom is 0.124 e. The number of aliphatic hydroxyl groups is 1. The highest BCUT2D eigenvalue weighted by atomic mass is 16.5. The predicted octanol–water partition coefficient (Wildman–Crippen LogP) is 3.10. The van der Waals surface area contributed by atoms with Crippen LogP contribution in [0, 0.1) is 12.8 Å². The molecule has 1 N–H and O–H groups in total. The molecule has 0 saturated carbocycles. The Morgan fingerprint density at radius 1 is 1.22 bits per heavy atom. The molecule has 0 heterocycles. The van der Waals surface area contributed by atoms with Crippen molar-refractivity contribution in [3.8, 4) is 5.75 Å². The maximum atomic E-state index is 10.2. The van der Waals surface area contributed by atoms with E-state index in [2.05, 4.69) is 13.8 Å². The van der Waals surface area contributed by atoms with Crippen LogP contribution in [0.15, 0.2) is 18.2 Å². The molecule has 0 aliphatic rings. The van der Waals surface area contributed by atoms with Crippen molar-refractivity contribution in [2.45, 2.75) is 39.9 Å². The van der Waals surface area contributed by atoms with Crippen LogP contribution in [0.1, 0.15) is 38.0 Å². The fourth-order valence-corrected chi connectivity index (χ4v) is 1.64. The Bertz CT molecular complexity index is 374. The highest BCUT2D eigenvalue weighted by Gasteiger charge is 2.16. The van der Waals surface area contributed by atoms with Crippen LogP contribution >= 0.6 is 0 Å². The summed E-state index contributed by atoms with van der Waals surface area (Å²) >= 11 is 0. The van der Waals surface area contributed by atoms with E-state index in [1.807, 2.05) is 32.0 Å². The van der Waals surface area contributed by atoms with Crippen molar-refractivity contribution in [2.24, 2.45) is 5.92 Å². The fourth-order valence-electron chi connectivity index (χ4n) is 1.64. The number of rotatable bonds is 6. The molecule has 2 atom stereocenters. The first kappa shape index (κ1) is 15.0. The van der Waals surface area contributed by atoms with Crippen LogP contribution in [-0.4, -0.2) is 24.9 Å². The first-order valence-electron chi connectivity index (χ1n) is 6.40. The summed E-state index contributed by atoms with van der Waals surface area (Å²) in [5.74, 6) is 1.14. The lowest BCUT2D eigenvalue weighted by atomic mass is 10.1. The Hall–Kier alpha value is -1.06. The summed E-state index contributed by atoms with van der Waals surface area (Å²) in [5.41, 5.74) is 1.88. The van der Waals surface area contributed by atoms with Gasteiger partial charge in [-0.15, -0.1) is 0 Å². The van der Waals surface area contributed by atoms with Crippen LogP contribution in [0.4, 0.5) is 0 Å². The van der Waals surface area contributed by atoms with Gasteiger partial charge < -0.3 is 14.6 Å². The third-order valence-corrected chi connectivity index (χ3v) is 3.20. The molecule has 0 radical (unpaired) electrons. The number of aliphatic hydroxyl groups excluding tert-OH is 1. The van der Waals surface area contributed by atoms with Crippen molar-refractivity contribution in [1.82, 2.24) is 0 Å². The monoisotopic (exact) mass is 252 g/mol. The molecule has 0 aliphatic carbocycles. The van der Waals surface area contributed by atoms with Crippen molar-refractivity contribution >= 4 is 0 Å². The van der Waals surface area contributed by atoms with Gasteiger partial charge in [-0.2, -0.15) is 0 Å². The third kappa shape index (κ3) is 4.00. The van der Waals surface area contributed by atoms with E-state index in [0.717, 1.165) is 11.1 Å². The van der Waals surface area contributed by atoms with E-state index in [-0.39, 0.29) is 6.10 Å². The van der Waals surface area contributed by atoms with E-state index in [4.69, 9.17) is 9.47 Å². The quantitative estimate of drug-likeness (QED) is 0.845. The largest absolute Gasteiger partial charge is 0.496 e. The number of methoxy groups -OCH3 is 1. The predicted molar refractivity (Wildman–Crippen MR) is 72.9 cm³/mol. The van der Waals surface area contributed by atoms with E-state index < -0.39 is 6.10 Å². The molecule has 1 aromatic rings. The number of hydrogen-bond acceptors (Lipinski definition) is 3. The molecule has 0 bridgehead atoms. The zero-order chi connectivity index (χ0) is 13.7. The second-order valence-corrected chi connectivity index (χ2v) is 5.04. The van der Waals surface area contributed by atoms with Gasteiger partial charge in [0.1, 0.15) is 11.9 Å². The SMILES string of the molecule is COc1ccc(C)cc1C(O)COC(C)C(C)C. The van der Waals surface area contributed by atoms with Crippen LogP contribution in [0.25, 0.3) is 0 Å². The van der Waals surface area contributed by atoms with Gasteiger partial charge in [0.05, 0.1) is 19.8 Å². The third-order valence-electron chi connectivity index (χ3n) is 3.20. The summed E-state index contributed by atoms with van der Waals surface area (Å²) < 4.78 is 10.9. The molecule has 3 heteroatoms. The van der Waals surface area contributed by atoms with Gasteiger partial charge in [0, 0.05) is 5.56 Å². The maximum absolute atomic E-state index is 10.2. The second-order valence-electron chi connectivity index (χ2n) is 5.04. The Morgan fingerprint density at radius 3 is 2.44 bits per heavy atom. The van der Waals surface area contributed by atoms with E-state index in [0.29, 0.717) is 18.3 Å². The Labute approximate surface area is 110 Å². The summed E-state index contributed by atoms with van der Waals surface area (Å²) in [7, 11) is 1.61. The van der Waals surface area contributed by atoms with Gasteiger partial charge in [-0.25, -0.2) is 0 Å². The van der Waals surface area contributed by atoms with Crippen LogP contribution in [0.5, 0.6) is 5.75 Å². The van der Waals surface area contributed by atoms with Crippen LogP contribution in [-0.2, 0) is 4.74 Å². The molecular formula is C15H24O3. The van der Waals surface area contributed by atoms with Crippen molar-refractivity contribution in [1.29, 1.82) is 0 Å². The smallest absolute Gasteiger partial charge is 0.124 e. The van der Waals surface area contributed by atoms with Gasteiger partial charge in [0.2, 0.25) is 0 Å². The first-order chi connectivity index (χ1) is 8.45. The van der Waals surface area contributed by atoms with E-state index in [1.165, 1.54) is 0 Å². The van der Waals surface area contributed by atoms with E-state index in [9.17, 15) is 5.11 Å². The van der Waals surface area contributed by atoms with Crippen LogP contribution in [0.2, 0.25) is 0 Å². The molecule has 102 valence electrons. The molecule has 0 amide bonds. The van der Waals surface area contributed by atoms with Crippen LogP contribution in [0.3, 0.4) is 0 Å². The highest BCUT2D eigenvalue weighted by Crippen LogP contribution is 2.26. The standard InChI is InChI=1S/C15H24O3/c1-10(2)12(4)18-9-14(16)13-8-11(3)6-7-15(13)17-5/h6-8,10,12,14,16H,9H2,1-5H3. The summed E-state index contributed by atoms with van der Waals surface area (Å²) in [6.45, 7) is 8.51. The lowest BCUT2D eigenvalue weighted by molar-refractivity contribution is -0.0212.